The van der Waals surface area contributed by atoms with E-state index in [4.69, 9.17) is 16.0 Å². The van der Waals surface area contributed by atoms with Gasteiger partial charge in [0, 0.05) is 30.7 Å². The summed E-state index contributed by atoms with van der Waals surface area (Å²) in [5, 5.41) is 13.9. The number of piperidine rings is 1. The molecule has 1 aliphatic heterocycles. The summed E-state index contributed by atoms with van der Waals surface area (Å²) in [7, 11) is 0. The Morgan fingerprint density at radius 1 is 1.36 bits per heavy atom. The van der Waals surface area contributed by atoms with Crippen molar-refractivity contribution in [1.82, 2.24) is 5.32 Å². The number of furan rings is 1. The molecule has 1 aromatic carbocycles. The molecule has 0 radical (unpaired) electrons. The van der Waals surface area contributed by atoms with Gasteiger partial charge in [0.15, 0.2) is 5.76 Å². The minimum atomic E-state index is -0.511. The van der Waals surface area contributed by atoms with E-state index in [0.717, 1.165) is 13.0 Å². The Kier molecular flexibility index (Phi) is 6.70. The minimum Gasteiger partial charge on any atom is -0.451 e. The number of rotatable bonds is 7. The Balaban J connectivity index is 1.53. The van der Waals surface area contributed by atoms with Crippen LogP contribution in [0.3, 0.4) is 0 Å². The van der Waals surface area contributed by atoms with E-state index in [1.54, 1.807) is 17.0 Å². The fraction of sp³-hybridized carbons (Fsp3) is 0.450. The summed E-state index contributed by atoms with van der Waals surface area (Å²) < 4.78 is 5.61. The van der Waals surface area contributed by atoms with Gasteiger partial charge in [-0.25, -0.2) is 0 Å². The molecule has 1 aliphatic rings. The van der Waals surface area contributed by atoms with Crippen LogP contribution in [0.15, 0.2) is 34.7 Å². The lowest BCUT2D eigenvalue weighted by Gasteiger charge is -2.30. The molecule has 150 valence electrons. The van der Waals surface area contributed by atoms with Crippen LogP contribution in [0.4, 0.5) is 5.69 Å². The molecule has 8 heteroatoms. The summed E-state index contributed by atoms with van der Waals surface area (Å²) in [5.74, 6) is 0.325. The van der Waals surface area contributed by atoms with Crippen LogP contribution in [-0.4, -0.2) is 36.5 Å². The maximum Gasteiger partial charge on any atom is 0.287 e. The lowest BCUT2D eigenvalue weighted by atomic mass is 10.0. The fourth-order valence-corrected chi connectivity index (χ4v) is 3.92. The van der Waals surface area contributed by atoms with Gasteiger partial charge in [-0.2, -0.15) is 0 Å². The number of halogens is 1. The van der Waals surface area contributed by atoms with Crippen LogP contribution < -0.4 is 10.2 Å². The second-order valence-corrected chi connectivity index (χ2v) is 7.66. The zero-order chi connectivity index (χ0) is 20.1. The van der Waals surface area contributed by atoms with Crippen LogP contribution in [0.25, 0.3) is 11.3 Å². The highest BCUT2D eigenvalue weighted by atomic mass is 35.5. The minimum absolute atomic E-state index is 0.0940. The summed E-state index contributed by atoms with van der Waals surface area (Å²) in [6.07, 6.45) is 4.81. The largest absolute Gasteiger partial charge is 0.451 e. The van der Waals surface area contributed by atoms with Crippen molar-refractivity contribution in [2.75, 3.05) is 19.6 Å². The molecule has 1 saturated heterocycles. The number of quaternary nitrogens is 1. The number of nitro benzene ring substituents is 1. The number of benzene rings is 1. The maximum absolute atomic E-state index is 12.3. The molecular formula is C20H25ClN3O4+. The molecule has 0 spiro atoms. The van der Waals surface area contributed by atoms with Gasteiger partial charge < -0.3 is 14.6 Å². The first-order chi connectivity index (χ1) is 13.5. The third-order valence-electron chi connectivity index (χ3n) is 5.30. The topological polar surface area (TPSA) is 89.8 Å². The summed E-state index contributed by atoms with van der Waals surface area (Å²) in [6.45, 7) is 5.17. The third-order valence-corrected chi connectivity index (χ3v) is 5.61. The number of nitrogens with zero attached hydrogens (tertiary/aromatic N) is 1. The molecule has 28 heavy (non-hydrogen) atoms. The van der Waals surface area contributed by atoms with Gasteiger partial charge in [-0.05, 0) is 44.4 Å². The molecular weight excluding hydrogens is 382 g/mol. The Morgan fingerprint density at radius 2 is 2.18 bits per heavy atom. The molecule has 1 amide bonds. The first kappa shape index (κ1) is 20.4. The first-order valence-corrected chi connectivity index (χ1v) is 10.0. The number of nitrogens with one attached hydrogen (secondary N) is 2. The highest BCUT2D eigenvalue weighted by Gasteiger charge is 2.21. The number of carbonyl (C=O) groups is 1. The van der Waals surface area contributed by atoms with E-state index in [0.29, 0.717) is 23.9 Å². The molecule has 1 unspecified atom stereocenters. The van der Waals surface area contributed by atoms with Crippen LogP contribution in [0.5, 0.6) is 0 Å². The van der Waals surface area contributed by atoms with Gasteiger partial charge in [-0.15, -0.1) is 0 Å². The van der Waals surface area contributed by atoms with Crippen molar-refractivity contribution < 1.29 is 19.0 Å². The molecule has 1 aromatic heterocycles. The van der Waals surface area contributed by atoms with Crippen molar-refractivity contribution in [1.29, 1.82) is 0 Å². The monoisotopic (exact) mass is 406 g/mol. The van der Waals surface area contributed by atoms with Crippen LogP contribution >= 0.6 is 11.6 Å². The summed E-state index contributed by atoms with van der Waals surface area (Å²) in [4.78, 5) is 24.2. The maximum atomic E-state index is 12.3. The quantitative estimate of drug-likeness (QED) is 0.420. The number of carbonyl (C=O) groups excluding carboxylic acids is 1. The van der Waals surface area contributed by atoms with Crippen molar-refractivity contribution in [3.05, 3.63) is 51.2 Å². The average molecular weight is 407 g/mol. The molecule has 2 aromatic rings. The number of likely N-dealkylation sites (tertiary alicyclic amines) is 1. The molecule has 3 rings (SSSR count). The second kappa shape index (κ2) is 9.21. The van der Waals surface area contributed by atoms with Gasteiger partial charge in [0.05, 0.1) is 29.1 Å². The van der Waals surface area contributed by atoms with E-state index < -0.39 is 4.92 Å². The van der Waals surface area contributed by atoms with Gasteiger partial charge in [0.25, 0.3) is 11.6 Å². The summed E-state index contributed by atoms with van der Waals surface area (Å²) in [6, 6.07) is 8.06. The fourth-order valence-electron chi connectivity index (χ4n) is 3.65. The van der Waals surface area contributed by atoms with E-state index in [1.807, 2.05) is 0 Å². The van der Waals surface area contributed by atoms with Crippen molar-refractivity contribution >= 4 is 23.2 Å². The summed E-state index contributed by atoms with van der Waals surface area (Å²) >= 11 is 6.12. The smallest absolute Gasteiger partial charge is 0.287 e. The number of hydrogen-bond donors (Lipinski definition) is 2. The van der Waals surface area contributed by atoms with Crippen molar-refractivity contribution in [3.63, 3.8) is 0 Å². The Hall–Kier alpha value is -2.38. The van der Waals surface area contributed by atoms with Gasteiger partial charge in [-0.3, -0.25) is 14.9 Å². The zero-order valence-corrected chi connectivity index (χ0v) is 16.6. The predicted octanol–water partition coefficient (Wildman–Crippen LogP) is 3.09. The second-order valence-electron chi connectivity index (χ2n) is 7.25. The van der Waals surface area contributed by atoms with Crippen molar-refractivity contribution in [2.24, 2.45) is 0 Å². The molecule has 2 N–H and O–H groups in total. The Morgan fingerprint density at radius 3 is 2.89 bits per heavy atom. The molecule has 2 atom stereocenters. The third kappa shape index (κ3) is 4.91. The number of non-ortho nitro benzene ring substituents is 1. The van der Waals surface area contributed by atoms with Crippen LogP contribution in [0.1, 0.15) is 43.2 Å². The molecule has 0 bridgehead atoms. The molecule has 0 aliphatic carbocycles. The van der Waals surface area contributed by atoms with Gasteiger partial charge in [-0.1, -0.05) is 11.6 Å². The number of nitro groups is 1. The summed E-state index contributed by atoms with van der Waals surface area (Å²) in [5.41, 5.74) is 0.414. The normalized spacial score (nSPS) is 19.4. The number of amides is 1. The van der Waals surface area contributed by atoms with E-state index in [2.05, 4.69) is 12.2 Å². The van der Waals surface area contributed by atoms with Gasteiger partial charge in [0.1, 0.15) is 5.76 Å². The highest BCUT2D eigenvalue weighted by Crippen LogP contribution is 2.32. The number of hydrogen-bond acceptors (Lipinski definition) is 4. The van der Waals surface area contributed by atoms with Crippen LogP contribution in [0, 0.1) is 10.1 Å². The lowest BCUT2D eigenvalue weighted by molar-refractivity contribution is -0.928. The van der Waals surface area contributed by atoms with Crippen molar-refractivity contribution in [2.45, 2.75) is 38.6 Å². The molecule has 7 nitrogen and oxygen atoms in total. The highest BCUT2D eigenvalue weighted by molar-refractivity contribution is 6.33. The molecule has 0 saturated carbocycles. The van der Waals surface area contributed by atoms with Crippen LogP contribution in [-0.2, 0) is 0 Å². The standard InChI is InChI=1S/C20H24ClN3O4/c1-14-5-2-3-11-23(14)12-4-10-22-20(25)19-9-8-18(28-19)16-7-6-15(24(26)27)13-17(16)21/h6-9,13-14H,2-5,10-12H2,1H3,(H,22,25)/p+1/t14-/m1/s1. The predicted molar refractivity (Wildman–Crippen MR) is 107 cm³/mol. The lowest BCUT2D eigenvalue weighted by Crippen LogP contribution is -3.16. The SMILES string of the molecule is C[C@@H]1CCCC[NH+]1CCCNC(=O)c1ccc(-c2ccc([N+](=O)[O-])cc2Cl)o1. The van der Waals surface area contributed by atoms with E-state index >= 15 is 0 Å². The van der Waals surface area contributed by atoms with Gasteiger partial charge in [0.2, 0.25) is 0 Å². The van der Waals surface area contributed by atoms with E-state index in [-0.39, 0.29) is 22.4 Å². The zero-order valence-electron chi connectivity index (χ0n) is 15.9. The van der Waals surface area contributed by atoms with Gasteiger partial charge >= 0.3 is 0 Å². The Bertz CT molecular complexity index is 852. The van der Waals surface area contributed by atoms with Crippen LogP contribution in [0.2, 0.25) is 5.02 Å². The average Bonchev–Trinajstić information content (AvgIpc) is 3.16. The Labute approximate surface area is 168 Å². The van der Waals surface area contributed by atoms with E-state index in [9.17, 15) is 14.9 Å². The van der Waals surface area contributed by atoms with E-state index in [1.165, 1.54) is 44.0 Å². The molecule has 2 heterocycles. The first-order valence-electron chi connectivity index (χ1n) is 9.62. The van der Waals surface area contributed by atoms with Crippen molar-refractivity contribution in [3.8, 4) is 11.3 Å². The molecule has 1 fully saturated rings.